The van der Waals surface area contributed by atoms with Crippen molar-refractivity contribution in [3.05, 3.63) is 24.5 Å². The van der Waals surface area contributed by atoms with Gasteiger partial charge in [0.15, 0.2) is 0 Å². The van der Waals surface area contributed by atoms with E-state index < -0.39 is 12.3 Å². The zero-order valence-electron chi connectivity index (χ0n) is 13.9. The largest absolute Gasteiger partial charge is 0.363 e. The van der Waals surface area contributed by atoms with Crippen LogP contribution in [0.1, 0.15) is 25.7 Å². The molecule has 3 fully saturated rings. The number of nitrogens with one attached hydrogen (secondary N) is 1. The van der Waals surface area contributed by atoms with Gasteiger partial charge in [0, 0.05) is 25.2 Å². The summed E-state index contributed by atoms with van der Waals surface area (Å²) in [6, 6.07) is 3.54. The number of carbonyl (C=O) groups excluding carboxylic acids is 2. The van der Waals surface area contributed by atoms with Crippen LogP contribution in [0, 0.1) is 11.8 Å². The zero-order chi connectivity index (χ0) is 17.4. The summed E-state index contributed by atoms with van der Waals surface area (Å²) in [5.74, 6) is 0.000365. The lowest BCUT2D eigenvalue weighted by Gasteiger charge is -2.39. The van der Waals surface area contributed by atoms with Gasteiger partial charge in [0.25, 0.3) is 5.91 Å². The first-order chi connectivity index (χ1) is 12.1. The summed E-state index contributed by atoms with van der Waals surface area (Å²) in [4.78, 5) is 30.5. The molecule has 7 heteroatoms. The lowest BCUT2D eigenvalue weighted by molar-refractivity contribution is -0.145. The Kier molecular flexibility index (Phi) is 4.41. The normalized spacial score (nSPS) is 34.1. The average Bonchev–Trinajstić information content (AvgIpc) is 3.02. The third-order valence-electron chi connectivity index (χ3n) is 5.51. The van der Waals surface area contributed by atoms with Gasteiger partial charge in [-0.05, 0) is 43.7 Å². The smallest absolute Gasteiger partial charge is 0.253 e. The number of carbonyl (C=O) groups is 2. The first-order valence-electron chi connectivity index (χ1n) is 8.89. The number of ether oxygens (including phenoxy) is 1. The Morgan fingerprint density at radius 2 is 2.16 bits per heavy atom. The Hall–Kier alpha value is -2.02. The van der Waals surface area contributed by atoms with Gasteiger partial charge in [-0.2, -0.15) is 0 Å². The number of hydrogen-bond acceptors (Lipinski definition) is 4. The van der Waals surface area contributed by atoms with E-state index in [2.05, 4.69) is 10.3 Å². The van der Waals surface area contributed by atoms with E-state index in [9.17, 15) is 14.0 Å². The second-order valence-electron chi connectivity index (χ2n) is 7.23. The van der Waals surface area contributed by atoms with Crippen LogP contribution in [0.3, 0.4) is 0 Å². The van der Waals surface area contributed by atoms with E-state index in [0.717, 1.165) is 6.42 Å². The molecular formula is C18H22FN3O3. The lowest BCUT2D eigenvalue weighted by Crippen LogP contribution is -2.50. The van der Waals surface area contributed by atoms with E-state index in [-0.39, 0.29) is 23.8 Å². The third-order valence-corrected chi connectivity index (χ3v) is 5.51. The van der Waals surface area contributed by atoms with Gasteiger partial charge in [-0.25, -0.2) is 4.39 Å². The molecule has 1 aromatic heterocycles. The highest BCUT2D eigenvalue weighted by molar-refractivity contribution is 5.94. The van der Waals surface area contributed by atoms with E-state index >= 15 is 0 Å². The summed E-state index contributed by atoms with van der Waals surface area (Å²) in [5, 5.41) is 2.82. The number of rotatable bonds is 3. The molecule has 0 bridgehead atoms. The zero-order valence-corrected chi connectivity index (χ0v) is 13.9. The molecule has 4 rings (SSSR count). The van der Waals surface area contributed by atoms with Crippen molar-refractivity contribution in [1.82, 2.24) is 9.88 Å². The number of amides is 2. The van der Waals surface area contributed by atoms with Crippen molar-refractivity contribution in [1.29, 1.82) is 0 Å². The van der Waals surface area contributed by atoms with Crippen molar-refractivity contribution in [2.24, 2.45) is 11.8 Å². The molecule has 3 heterocycles. The molecule has 2 aliphatic heterocycles. The fourth-order valence-electron chi connectivity index (χ4n) is 3.97. The molecule has 1 saturated carbocycles. The molecule has 3 atom stereocenters. The number of pyridine rings is 1. The van der Waals surface area contributed by atoms with Crippen LogP contribution in [0.2, 0.25) is 0 Å². The minimum atomic E-state index is -0.824. The van der Waals surface area contributed by atoms with E-state index in [1.807, 2.05) is 0 Å². The molecule has 6 nitrogen and oxygen atoms in total. The Morgan fingerprint density at radius 3 is 2.88 bits per heavy atom. The highest BCUT2D eigenvalue weighted by Gasteiger charge is 2.45. The van der Waals surface area contributed by atoms with Crippen LogP contribution in [-0.2, 0) is 14.3 Å². The summed E-state index contributed by atoms with van der Waals surface area (Å²) >= 11 is 0. The Bertz CT molecular complexity index is 650. The lowest BCUT2D eigenvalue weighted by atomic mass is 9.81. The average molecular weight is 347 g/mol. The van der Waals surface area contributed by atoms with E-state index in [1.54, 1.807) is 29.4 Å². The standard InChI is InChI=1S/C18H22FN3O3/c19-13-6-12(7-13)18(24)22-5-3-11-8-15(25-16(11)10-22)17(23)21-14-2-1-4-20-9-14/h1-2,4,9,11-13,15-16H,3,5-8,10H2,(H,21,23)/t11-,12?,13?,15+,16-/m0/s1. The molecule has 0 radical (unpaired) electrons. The molecule has 2 saturated heterocycles. The Balaban J connectivity index is 1.32. The molecule has 25 heavy (non-hydrogen) atoms. The molecule has 1 aliphatic carbocycles. The first-order valence-corrected chi connectivity index (χ1v) is 8.89. The van der Waals surface area contributed by atoms with Gasteiger partial charge in [-0.15, -0.1) is 0 Å². The number of anilines is 1. The highest BCUT2D eigenvalue weighted by Crippen LogP contribution is 2.37. The van der Waals surface area contributed by atoms with Crippen molar-refractivity contribution < 1.29 is 18.7 Å². The van der Waals surface area contributed by atoms with Gasteiger partial charge in [0.05, 0.1) is 18.0 Å². The van der Waals surface area contributed by atoms with Crippen LogP contribution < -0.4 is 5.32 Å². The van der Waals surface area contributed by atoms with Crippen molar-refractivity contribution in [2.75, 3.05) is 18.4 Å². The second kappa shape index (κ2) is 6.71. The van der Waals surface area contributed by atoms with Crippen molar-refractivity contribution in [3.63, 3.8) is 0 Å². The predicted molar refractivity (Wildman–Crippen MR) is 88.5 cm³/mol. The molecule has 0 spiro atoms. The molecular weight excluding hydrogens is 325 g/mol. The summed E-state index contributed by atoms with van der Waals surface area (Å²) in [5.41, 5.74) is 0.647. The number of likely N-dealkylation sites (tertiary alicyclic amines) is 1. The molecule has 3 aliphatic rings. The van der Waals surface area contributed by atoms with Gasteiger partial charge in [-0.1, -0.05) is 0 Å². The predicted octanol–water partition coefficient (Wildman–Crippen LogP) is 1.77. The minimum absolute atomic E-state index is 0.0409. The number of alkyl halides is 1. The topological polar surface area (TPSA) is 71.5 Å². The van der Waals surface area contributed by atoms with E-state index in [4.69, 9.17) is 4.74 Å². The number of halogens is 1. The maximum absolute atomic E-state index is 13.0. The number of nitrogens with zero attached hydrogens (tertiary/aromatic N) is 2. The minimum Gasteiger partial charge on any atom is -0.363 e. The summed E-state index contributed by atoms with van der Waals surface area (Å²) in [7, 11) is 0. The van der Waals surface area contributed by atoms with Crippen LogP contribution in [-0.4, -0.2) is 53.2 Å². The molecule has 1 N–H and O–H groups in total. The Labute approximate surface area is 145 Å². The molecule has 0 aromatic carbocycles. The number of hydrogen-bond donors (Lipinski definition) is 1. The van der Waals surface area contributed by atoms with Crippen molar-refractivity contribution in [2.45, 2.75) is 44.1 Å². The van der Waals surface area contributed by atoms with E-state index in [0.29, 0.717) is 44.0 Å². The Morgan fingerprint density at radius 1 is 1.32 bits per heavy atom. The summed E-state index contributed by atoms with van der Waals surface area (Å²) in [6.07, 6.45) is 4.02. The SMILES string of the molecule is O=C(Nc1cccnc1)[C@H]1C[C@@H]2CCN(C(=O)C3CC(F)C3)C[C@@H]2O1. The quantitative estimate of drug-likeness (QED) is 0.905. The van der Waals surface area contributed by atoms with Gasteiger partial charge in [0.2, 0.25) is 5.91 Å². The number of aromatic nitrogens is 1. The van der Waals surface area contributed by atoms with Crippen LogP contribution in [0.25, 0.3) is 0 Å². The molecule has 2 amide bonds. The maximum atomic E-state index is 13.0. The summed E-state index contributed by atoms with van der Waals surface area (Å²) in [6.45, 7) is 1.18. The van der Waals surface area contributed by atoms with Crippen LogP contribution in [0.15, 0.2) is 24.5 Å². The fourth-order valence-corrected chi connectivity index (χ4v) is 3.97. The van der Waals surface area contributed by atoms with Gasteiger partial charge in [-0.3, -0.25) is 14.6 Å². The van der Waals surface area contributed by atoms with Gasteiger partial charge >= 0.3 is 0 Å². The van der Waals surface area contributed by atoms with Crippen LogP contribution in [0.5, 0.6) is 0 Å². The monoisotopic (exact) mass is 347 g/mol. The third kappa shape index (κ3) is 3.38. The number of fused-ring (bicyclic) bond motifs is 1. The number of piperidine rings is 1. The molecule has 134 valence electrons. The summed E-state index contributed by atoms with van der Waals surface area (Å²) < 4.78 is 18.9. The maximum Gasteiger partial charge on any atom is 0.253 e. The second-order valence-corrected chi connectivity index (χ2v) is 7.23. The first kappa shape index (κ1) is 16.4. The van der Waals surface area contributed by atoms with E-state index in [1.165, 1.54) is 0 Å². The fraction of sp³-hybridized carbons (Fsp3) is 0.611. The van der Waals surface area contributed by atoms with Gasteiger partial charge in [0.1, 0.15) is 12.3 Å². The van der Waals surface area contributed by atoms with Gasteiger partial charge < -0.3 is 15.0 Å². The molecule has 0 unspecified atom stereocenters. The van der Waals surface area contributed by atoms with Crippen LogP contribution in [0.4, 0.5) is 10.1 Å². The molecule has 1 aromatic rings. The van der Waals surface area contributed by atoms with Crippen LogP contribution >= 0.6 is 0 Å². The highest BCUT2D eigenvalue weighted by atomic mass is 19.1. The van der Waals surface area contributed by atoms with Crippen molar-refractivity contribution >= 4 is 17.5 Å². The van der Waals surface area contributed by atoms with Crippen molar-refractivity contribution in [3.8, 4) is 0 Å².